The van der Waals surface area contributed by atoms with E-state index in [1.54, 1.807) is 6.20 Å². The zero-order valence-electron chi connectivity index (χ0n) is 14.1. The number of piperazine rings is 1. The number of nitrogens with one attached hydrogen (secondary N) is 2. The largest absolute Gasteiger partial charge is 0.368 e. The summed E-state index contributed by atoms with van der Waals surface area (Å²) in [6.45, 7) is 3.50. The molecular weight excluding hydrogens is 332 g/mol. The topological polar surface area (TPSA) is 90.5 Å². The Balaban J connectivity index is 1.45. The van der Waals surface area contributed by atoms with E-state index in [0.717, 1.165) is 32.0 Å². The average Bonchev–Trinajstić information content (AvgIpc) is 3.00. The summed E-state index contributed by atoms with van der Waals surface area (Å²) in [7, 11) is 0. The van der Waals surface area contributed by atoms with E-state index in [1.165, 1.54) is 11.8 Å². The Bertz CT molecular complexity index is 859. The zero-order valence-corrected chi connectivity index (χ0v) is 14.1. The van der Waals surface area contributed by atoms with Crippen LogP contribution in [0.3, 0.4) is 0 Å². The van der Waals surface area contributed by atoms with Crippen LogP contribution in [-0.2, 0) is 4.79 Å². The highest BCUT2D eigenvalue weighted by Gasteiger charge is 2.23. The predicted octanol–water partition coefficient (Wildman–Crippen LogP) is 0.984. The number of carbonyl (C=O) groups is 2. The summed E-state index contributed by atoms with van der Waals surface area (Å²) in [4.78, 5) is 36.0. The number of aromatic nitrogens is 2. The number of hydrogen-bond acceptors (Lipinski definition) is 6. The molecule has 8 heteroatoms. The SMILES string of the molecule is O=C1NC(=O)/C(=C\c2nccc(N3CCN(c4ccccc4)CC3)n2)N1. The Hall–Kier alpha value is -3.42. The van der Waals surface area contributed by atoms with Gasteiger partial charge in [0.2, 0.25) is 0 Å². The van der Waals surface area contributed by atoms with Crippen LogP contribution >= 0.6 is 0 Å². The van der Waals surface area contributed by atoms with E-state index in [9.17, 15) is 9.59 Å². The molecule has 2 saturated heterocycles. The van der Waals surface area contributed by atoms with Crippen LogP contribution in [0, 0.1) is 0 Å². The molecule has 26 heavy (non-hydrogen) atoms. The van der Waals surface area contributed by atoms with Crippen molar-refractivity contribution in [2.24, 2.45) is 0 Å². The van der Waals surface area contributed by atoms with Crippen LogP contribution in [0.25, 0.3) is 6.08 Å². The Morgan fingerprint density at radius 3 is 2.35 bits per heavy atom. The lowest BCUT2D eigenvalue weighted by molar-refractivity contribution is -0.115. The van der Waals surface area contributed by atoms with Gasteiger partial charge in [-0.05, 0) is 18.2 Å². The van der Waals surface area contributed by atoms with Crippen LogP contribution in [-0.4, -0.2) is 48.1 Å². The van der Waals surface area contributed by atoms with E-state index in [4.69, 9.17) is 0 Å². The molecular formula is C18H18N6O2. The number of amides is 3. The number of para-hydroxylation sites is 1. The highest BCUT2D eigenvalue weighted by molar-refractivity contribution is 6.13. The second kappa shape index (κ2) is 6.83. The van der Waals surface area contributed by atoms with Gasteiger partial charge in [0.25, 0.3) is 5.91 Å². The fourth-order valence-corrected chi connectivity index (χ4v) is 3.05. The lowest BCUT2D eigenvalue weighted by Gasteiger charge is -2.36. The van der Waals surface area contributed by atoms with Crippen molar-refractivity contribution in [2.75, 3.05) is 36.0 Å². The van der Waals surface area contributed by atoms with Gasteiger partial charge in [0, 0.05) is 44.1 Å². The van der Waals surface area contributed by atoms with Gasteiger partial charge in [-0.25, -0.2) is 14.8 Å². The average molecular weight is 350 g/mol. The minimum atomic E-state index is -0.533. The number of imide groups is 1. The molecule has 0 saturated carbocycles. The molecule has 1 aromatic carbocycles. The van der Waals surface area contributed by atoms with E-state index >= 15 is 0 Å². The molecule has 3 heterocycles. The van der Waals surface area contributed by atoms with Crippen LogP contribution < -0.4 is 20.4 Å². The normalized spacial score (nSPS) is 18.8. The van der Waals surface area contributed by atoms with Crippen molar-refractivity contribution in [2.45, 2.75) is 0 Å². The van der Waals surface area contributed by atoms with Crippen molar-refractivity contribution < 1.29 is 9.59 Å². The van der Waals surface area contributed by atoms with Crippen molar-refractivity contribution in [3.63, 3.8) is 0 Å². The molecule has 0 spiro atoms. The first-order valence-electron chi connectivity index (χ1n) is 8.41. The monoisotopic (exact) mass is 350 g/mol. The number of hydrogen-bond donors (Lipinski definition) is 2. The van der Waals surface area contributed by atoms with Crippen LogP contribution in [0.1, 0.15) is 5.82 Å². The first-order valence-corrected chi connectivity index (χ1v) is 8.41. The number of anilines is 2. The van der Waals surface area contributed by atoms with Crippen molar-refractivity contribution >= 4 is 29.5 Å². The molecule has 2 aromatic rings. The van der Waals surface area contributed by atoms with Gasteiger partial charge in [-0.1, -0.05) is 18.2 Å². The second-order valence-corrected chi connectivity index (χ2v) is 6.05. The molecule has 0 bridgehead atoms. The van der Waals surface area contributed by atoms with Gasteiger partial charge < -0.3 is 15.1 Å². The number of benzene rings is 1. The maximum absolute atomic E-state index is 11.6. The molecule has 0 atom stereocenters. The molecule has 1 aromatic heterocycles. The fraction of sp³-hybridized carbons (Fsp3) is 0.222. The van der Waals surface area contributed by atoms with Gasteiger partial charge in [0.05, 0.1) is 0 Å². The number of urea groups is 1. The van der Waals surface area contributed by atoms with Gasteiger partial charge in [-0.2, -0.15) is 0 Å². The number of carbonyl (C=O) groups excluding carboxylic acids is 2. The van der Waals surface area contributed by atoms with Gasteiger partial charge in [0.15, 0.2) is 5.82 Å². The third-order valence-corrected chi connectivity index (χ3v) is 4.38. The molecule has 2 aliphatic heterocycles. The Morgan fingerprint density at radius 2 is 1.65 bits per heavy atom. The van der Waals surface area contributed by atoms with Crippen LogP contribution in [0.15, 0.2) is 48.3 Å². The van der Waals surface area contributed by atoms with Gasteiger partial charge in [-0.3, -0.25) is 10.1 Å². The third-order valence-electron chi connectivity index (χ3n) is 4.38. The predicted molar refractivity (Wildman–Crippen MR) is 97.6 cm³/mol. The molecule has 3 amide bonds. The summed E-state index contributed by atoms with van der Waals surface area (Å²) in [5, 5.41) is 4.59. The molecule has 132 valence electrons. The van der Waals surface area contributed by atoms with Crippen LogP contribution in [0.2, 0.25) is 0 Å². The van der Waals surface area contributed by atoms with Crippen molar-refractivity contribution in [1.82, 2.24) is 20.6 Å². The smallest absolute Gasteiger partial charge is 0.326 e. The molecule has 4 rings (SSSR count). The van der Waals surface area contributed by atoms with Gasteiger partial charge in [0.1, 0.15) is 11.5 Å². The van der Waals surface area contributed by atoms with E-state index in [0.29, 0.717) is 5.82 Å². The maximum Gasteiger partial charge on any atom is 0.326 e. The van der Waals surface area contributed by atoms with Crippen molar-refractivity contribution in [3.05, 3.63) is 54.1 Å². The van der Waals surface area contributed by atoms with E-state index in [2.05, 4.69) is 42.5 Å². The summed E-state index contributed by atoms with van der Waals surface area (Å²) in [6.07, 6.45) is 3.14. The summed E-state index contributed by atoms with van der Waals surface area (Å²) in [6, 6.07) is 11.7. The summed E-state index contributed by atoms with van der Waals surface area (Å²) in [5.74, 6) is 0.727. The second-order valence-electron chi connectivity index (χ2n) is 6.05. The highest BCUT2D eigenvalue weighted by atomic mass is 16.2. The molecule has 0 unspecified atom stereocenters. The van der Waals surface area contributed by atoms with E-state index in [1.807, 2.05) is 24.3 Å². The summed E-state index contributed by atoms with van der Waals surface area (Å²) < 4.78 is 0. The van der Waals surface area contributed by atoms with Crippen LogP contribution in [0.5, 0.6) is 0 Å². The lowest BCUT2D eigenvalue weighted by atomic mass is 10.2. The van der Waals surface area contributed by atoms with Gasteiger partial charge >= 0.3 is 6.03 Å². The quantitative estimate of drug-likeness (QED) is 0.634. The van der Waals surface area contributed by atoms with E-state index in [-0.39, 0.29) is 5.70 Å². The fourth-order valence-electron chi connectivity index (χ4n) is 3.05. The number of nitrogens with zero attached hydrogens (tertiary/aromatic N) is 4. The van der Waals surface area contributed by atoms with Crippen molar-refractivity contribution in [3.8, 4) is 0 Å². The first-order chi connectivity index (χ1) is 12.7. The Labute approximate surface area is 150 Å². The van der Waals surface area contributed by atoms with Gasteiger partial charge in [-0.15, -0.1) is 0 Å². The minimum absolute atomic E-state index is 0.154. The standard InChI is InChI=1S/C18H18N6O2/c25-17-14(20-18(26)22-17)12-15-19-7-6-16(21-15)24-10-8-23(9-11-24)13-4-2-1-3-5-13/h1-7,12H,8-11H2,(H2,20,22,25,26)/b14-12+. The molecule has 8 nitrogen and oxygen atoms in total. The molecule has 0 aliphatic carbocycles. The minimum Gasteiger partial charge on any atom is -0.368 e. The molecule has 2 fully saturated rings. The molecule has 2 aliphatic rings. The number of rotatable bonds is 3. The zero-order chi connectivity index (χ0) is 17.9. The Morgan fingerprint density at radius 1 is 0.923 bits per heavy atom. The third kappa shape index (κ3) is 3.34. The Kier molecular flexibility index (Phi) is 4.22. The van der Waals surface area contributed by atoms with Crippen LogP contribution in [0.4, 0.5) is 16.3 Å². The molecule has 2 N–H and O–H groups in total. The lowest BCUT2D eigenvalue weighted by Crippen LogP contribution is -2.46. The first kappa shape index (κ1) is 16.1. The van der Waals surface area contributed by atoms with E-state index < -0.39 is 11.9 Å². The summed E-state index contributed by atoms with van der Waals surface area (Å²) in [5.41, 5.74) is 1.38. The summed E-state index contributed by atoms with van der Waals surface area (Å²) >= 11 is 0. The molecule has 0 radical (unpaired) electrons. The maximum atomic E-state index is 11.6. The highest BCUT2D eigenvalue weighted by Crippen LogP contribution is 2.19. The van der Waals surface area contributed by atoms with Crippen molar-refractivity contribution in [1.29, 1.82) is 0 Å².